The number of aliphatic imine (C=N–C) groups is 1. The molecule has 2 heterocycles. The number of para-hydroxylation sites is 2. The van der Waals surface area contributed by atoms with Gasteiger partial charge in [0.25, 0.3) is 0 Å². The van der Waals surface area contributed by atoms with Crippen molar-refractivity contribution in [2.24, 2.45) is 10.7 Å². The van der Waals surface area contributed by atoms with Crippen molar-refractivity contribution in [1.29, 1.82) is 0 Å². The highest BCUT2D eigenvalue weighted by atomic mass is 79.9. The number of thiophene rings is 1. The van der Waals surface area contributed by atoms with Crippen LogP contribution in [0.15, 0.2) is 45.2 Å². The summed E-state index contributed by atoms with van der Waals surface area (Å²) >= 11 is 4.94. The molecule has 0 unspecified atom stereocenters. The SMILES string of the molecule is NC(=O)CN1C(=O)CC(c2ccc(Br)s2)=Nc2ccccc21. The standard InChI is InChI=1S/C15H12BrN3O2S/c16-13-6-5-12(22-13)10-7-15(21)19(8-14(17)20)11-4-2-1-3-9(11)18-10/h1-6H,7-8H2,(H2,17,20). The lowest BCUT2D eigenvalue weighted by Gasteiger charge is -2.20. The van der Waals surface area contributed by atoms with Crippen molar-refractivity contribution in [1.82, 2.24) is 0 Å². The first-order chi connectivity index (χ1) is 10.5. The van der Waals surface area contributed by atoms with Gasteiger partial charge in [-0.2, -0.15) is 0 Å². The minimum Gasteiger partial charge on any atom is -0.368 e. The van der Waals surface area contributed by atoms with Crippen molar-refractivity contribution in [3.8, 4) is 0 Å². The van der Waals surface area contributed by atoms with Gasteiger partial charge in [0.2, 0.25) is 11.8 Å². The van der Waals surface area contributed by atoms with Gasteiger partial charge < -0.3 is 10.6 Å². The molecule has 0 spiro atoms. The van der Waals surface area contributed by atoms with E-state index < -0.39 is 5.91 Å². The maximum Gasteiger partial charge on any atom is 0.237 e. The number of halogens is 1. The molecule has 1 aliphatic rings. The highest BCUT2D eigenvalue weighted by molar-refractivity contribution is 9.11. The number of rotatable bonds is 3. The van der Waals surface area contributed by atoms with Crippen LogP contribution in [0.5, 0.6) is 0 Å². The minimum absolute atomic E-state index is 0.134. The van der Waals surface area contributed by atoms with Gasteiger partial charge in [-0.05, 0) is 40.2 Å². The maximum absolute atomic E-state index is 12.5. The molecule has 112 valence electrons. The average molecular weight is 378 g/mol. The zero-order valence-corrected chi connectivity index (χ0v) is 13.9. The largest absolute Gasteiger partial charge is 0.368 e. The number of hydrogen-bond acceptors (Lipinski definition) is 4. The second-order valence-corrected chi connectivity index (χ2v) is 7.24. The molecule has 7 heteroatoms. The van der Waals surface area contributed by atoms with Crippen LogP contribution < -0.4 is 10.6 Å². The number of hydrogen-bond donors (Lipinski definition) is 1. The fourth-order valence-electron chi connectivity index (χ4n) is 2.29. The summed E-state index contributed by atoms with van der Waals surface area (Å²) in [5.41, 5.74) is 7.23. The van der Waals surface area contributed by atoms with E-state index in [4.69, 9.17) is 5.73 Å². The fraction of sp³-hybridized carbons (Fsp3) is 0.133. The molecule has 5 nitrogen and oxygen atoms in total. The topological polar surface area (TPSA) is 75.8 Å². The van der Waals surface area contributed by atoms with Crippen LogP contribution in [0.3, 0.4) is 0 Å². The van der Waals surface area contributed by atoms with Gasteiger partial charge in [-0.15, -0.1) is 11.3 Å². The smallest absolute Gasteiger partial charge is 0.237 e. The Labute approximate surface area is 139 Å². The fourth-order valence-corrected chi connectivity index (χ4v) is 3.66. The monoisotopic (exact) mass is 377 g/mol. The molecule has 2 N–H and O–H groups in total. The summed E-state index contributed by atoms with van der Waals surface area (Å²) in [5, 5.41) is 0. The van der Waals surface area contributed by atoms with Gasteiger partial charge in [0.15, 0.2) is 0 Å². The quantitative estimate of drug-likeness (QED) is 0.892. The molecule has 0 bridgehead atoms. The van der Waals surface area contributed by atoms with Crippen molar-refractivity contribution < 1.29 is 9.59 Å². The van der Waals surface area contributed by atoms with E-state index in [1.54, 1.807) is 6.07 Å². The third-order valence-corrected chi connectivity index (χ3v) is 4.89. The summed E-state index contributed by atoms with van der Waals surface area (Å²) in [6.45, 7) is -0.146. The molecule has 2 amide bonds. The Balaban J connectivity index is 2.08. The van der Waals surface area contributed by atoms with Crippen LogP contribution in [0.1, 0.15) is 11.3 Å². The number of amides is 2. The van der Waals surface area contributed by atoms with Gasteiger partial charge in [-0.25, -0.2) is 4.99 Å². The van der Waals surface area contributed by atoms with Crippen molar-refractivity contribution in [3.05, 3.63) is 45.1 Å². The highest BCUT2D eigenvalue weighted by Crippen LogP contribution is 2.34. The molecule has 22 heavy (non-hydrogen) atoms. The second kappa shape index (κ2) is 6.02. The molecule has 0 radical (unpaired) electrons. The molecule has 3 rings (SSSR count). The third-order valence-electron chi connectivity index (χ3n) is 3.22. The summed E-state index contributed by atoms with van der Waals surface area (Å²) in [6.07, 6.45) is 0.134. The number of primary amides is 1. The molecule has 1 aromatic carbocycles. The Hall–Kier alpha value is -1.99. The number of nitrogens with two attached hydrogens (primary N) is 1. The van der Waals surface area contributed by atoms with E-state index >= 15 is 0 Å². The molecule has 1 aromatic heterocycles. The van der Waals surface area contributed by atoms with Crippen molar-refractivity contribution in [2.45, 2.75) is 6.42 Å². The third kappa shape index (κ3) is 2.95. The summed E-state index contributed by atoms with van der Waals surface area (Å²) < 4.78 is 0.976. The Morgan fingerprint density at radius 3 is 2.77 bits per heavy atom. The first-order valence-corrected chi connectivity index (χ1v) is 8.16. The molecule has 0 saturated heterocycles. The Bertz CT molecular complexity index is 785. The van der Waals surface area contributed by atoms with Gasteiger partial charge in [-0.3, -0.25) is 9.59 Å². The first-order valence-electron chi connectivity index (χ1n) is 6.55. The lowest BCUT2D eigenvalue weighted by atomic mass is 10.2. The normalized spacial score (nSPS) is 14.3. The van der Waals surface area contributed by atoms with Gasteiger partial charge in [-0.1, -0.05) is 12.1 Å². The van der Waals surface area contributed by atoms with E-state index in [0.717, 1.165) is 8.66 Å². The summed E-state index contributed by atoms with van der Waals surface area (Å²) in [5.74, 6) is -0.738. The predicted octanol–water partition coefficient (Wildman–Crippen LogP) is 2.85. The summed E-state index contributed by atoms with van der Waals surface area (Å²) in [6, 6.07) is 11.1. The predicted molar refractivity (Wildman–Crippen MR) is 90.8 cm³/mol. The zero-order chi connectivity index (χ0) is 15.7. The Morgan fingerprint density at radius 1 is 1.32 bits per heavy atom. The molecule has 2 aromatic rings. The molecule has 0 fully saturated rings. The Kier molecular flexibility index (Phi) is 4.08. The molecular formula is C15H12BrN3O2S. The lowest BCUT2D eigenvalue weighted by Crippen LogP contribution is -2.38. The zero-order valence-electron chi connectivity index (χ0n) is 11.5. The van der Waals surface area contributed by atoms with Crippen molar-refractivity contribution >= 4 is 56.2 Å². The second-order valence-electron chi connectivity index (χ2n) is 4.77. The van der Waals surface area contributed by atoms with E-state index in [1.165, 1.54) is 16.2 Å². The van der Waals surface area contributed by atoms with Crippen LogP contribution in [0.4, 0.5) is 11.4 Å². The van der Waals surface area contributed by atoms with Gasteiger partial charge in [0.05, 0.1) is 32.2 Å². The van der Waals surface area contributed by atoms with Crippen LogP contribution in [-0.4, -0.2) is 24.1 Å². The van der Waals surface area contributed by atoms with E-state index in [1.807, 2.05) is 30.3 Å². The first kappa shape index (κ1) is 14.9. The molecule has 1 aliphatic heterocycles. The highest BCUT2D eigenvalue weighted by Gasteiger charge is 2.26. The van der Waals surface area contributed by atoms with Crippen LogP contribution in [0, 0.1) is 0 Å². The molecular weight excluding hydrogens is 366 g/mol. The number of nitrogens with zero attached hydrogens (tertiary/aromatic N) is 2. The van der Waals surface area contributed by atoms with Crippen LogP contribution in [0.25, 0.3) is 0 Å². The number of fused-ring (bicyclic) bond motifs is 1. The van der Waals surface area contributed by atoms with Gasteiger partial charge in [0, 0.05) is 0 Å². The maximum atomic E-state index is 12.5. The number of carbonyl (C=O) groups is 2. The molecule has 0 atom stereocenters. The van der Waals surface area contributed by atoms with Crippen LogP contribution in [0.2, 0.25) is 0 Å². The molecule has 0 saturated carbocycles. The van der Waals surface area contributed by atoms with E-state index in [-0.39, 0.29) is 18.9 Å². The lowest BCUT2D eigenvalue weighted by molar-refractivity contribution is -0.121. The molecule has 0 aliphatic carbocycles. The summed E-state index contributed by atoms with van der Waals surface area (Å²) in [7, 11) is 0. The van der Waals surface area contributed by atoms with Crippen LogP contribution >= 0.6 is 27.3 Å². The summed E-state index contributed by atoms with van der Waals surface area (Å²) in [4.78, 5) is 30.8. The van der Waals surface area contributed by atoms with Gasteiger partial charge >= 0.3 is 0 Å². The van der Waals surface area contributed by atoms with Crippen LogP contribution in [-0.2, 0) is 9.59 Å². The minimum atomic E-state index is -0.550. The number of benzene rings is 1. The van der Waals surface area contributed by atoms with Crippen molar-refractivity contribution in [2.75, 3.05) is 11.4 Å². The van der Waals surface area contributed by atoms with Gasteiger partial charge in [0.1, 0.15) is 6.54 Å². The number of carbonyl (C=O) groups excluding carboxylic acids is 2. The van der Waals surface area contributed by atoms with E-state index in [0.29, 0.717) is 17.1 Å². The Morgan fingerprint density at radius 2 is 2.09 bits per heavy atom. The van der Waals surface area contributed by atoms with Crippen molar-refractivity contribution in [3.63, 3.8) is 0 Å². The van der Waals surface area contributed by atoms with E-state index in [9.17, 15) is 9.59 Å². The average Bonchev–Trinajstić information content (AvgIpc) is 2.85. The number of anilines is 1. The van der Waals surface area contributed by atoms with E-state index in [2.05, 4.69) is 20.9 Å².